The van der Waals surface area contributed by atoms with Gasteiger partial charge in [0.25, 0.3) is 0 Å². The van der Waals surface area contributed by atoms with E-state index in [1.165, 1.54) is 0 Å². The summed E-state index contributed by atoms with van der Waals surface area (Å²) in [6.45, 7) is 2.15. The predicted octanol–water partition coefficient (Wildman–Crippen LogP) is 7.16. The Hall–Kier alpha value is -1.83. The van der Waals surface area contributed by atoms with Crippen molar-refractivity contribution in [3.8, 4) is 0 Å². The second-order valence-corrected chi connectivity index (χ2v) is 6.05. The van der Waals surface area contributed by atoms with Crippen molar-refractivity contribution in [3.05, 3.63) is 60.8 Å². The van der Waals surface area contributed by atoms with Crippen LogP contribution in [0, 0.1) is 0 Å². The van der Waals surface area contributed by atoms with E-state index >= 15 is 0 Å². The van der Waals surface area contributed by atoms with Crippen molar-refractivity contribution in [1.29, 1.82) is 0 Å². The maximum atomic E-state index is 10.4. The molecule has 0 aromatic rings. The fourth-order valence-corrected chi connectivity index (χ4v) is 2.26. The molecule has 0 saturated heterocycles. The first-order valence-corrected chi connectivity index (χ1v) is 9.74. The Kier molecular flexibility index (Phi) is 18.7. The van der Waals surface area contributed by atoms with Gasteiger partial charge in [0.1, 0.15) is 0 Å². The second kappa shape index (κ2) is 20.2. The molecule has 1 N–H and O–H groups in total. The Morgan fingerprint density at radius 2 is 1.08 bits per heavy atom. The fraction of sp³-hybridized carbons (Fsp3) is 0.522. The van der Waals surface area contributed by atoms with Crippen molar-refractivity contribution < 1.29 is 9.90 Å². The van der Waals surface area contributed by atoms with Crippen LogP contribution in [-0.4, -0.2) is 11.1 Å². The number of hydrogen-bond donors (Lipinski definition) is 1. The summed E-state index contributed by atoms with van der Waals surface area (Å²) < 4.78 is 0. The highest BCUT2D eigenvalue weighted by atomic mass is 16.4. The summed E-state index contributed by atoms with van der Waals surface area (Å²) in [5, 5.41) is 8.54. The minimum absolute atomic E-state index is 0.307. The van der Waals surface area contributed by atoms with Gasteiger partial charge in [0, 0.05) is 6.42 Å². The van der Waals surface area contributed by atoms with Crippen LogP contribution in [0.1, 0.15) is 77.6 Å². The summed E-state index contributed by atoms with van der Waals surface area (Å²) in [6.07, 6.45) is 32.8. The topological polar surface area (TPSA) is 37.3 Å². The summed E-state index contributed by atoms with van der Waals surface area (Å²) in [5.74, 6) is -0.683. The maximum Gasteiger partial charge on any atom is 0.303 e. The van der Waals surface area contributed by atoms with Gasteiger partial charge in [-0.15, -0.1) is 0 Å². The smallest absolute Gasteiger partial charge is 0.303 e. The Bertz CT molecular complexity index is 439. The third-order valence-corrected chi connectivity index (χ3v) is 3.67. The van der Waals surface area contributed by atoms with E-state index in [4.69, 9.17) is 5.11 Å². The number of allylic oxidation sites excluding steroid dienone is 10. The lowest BCUT2D eigenvalue weighted by molar-refractivity contribution is -0.137. The van der Waals surface area contributed by atoms with E-state index in [9.17, 15) is 4.79 Å². The first-order chi connectivity index (χ1) is 12.3. The lowest BCUT2D eigenvalue weighted by Gasteiger charge is -1.96. The number of rotatable bonds is 16. The number of carboxylic acid groups (broad SMARTS) is 1. The van der Waals surface area contributed by atoms with Crippen molar-refractivity contribution in [1.82, 2.24) is 0 Å². The first kappa shape index (κ1) is 23.2. The number of hydrogen-bond acceptors (Lipinski definition) is 1. The largest absolute Gasteiger partial charge is 0.481 e. The van der Waals surface area contributed by atoms with Gasteiger partial charge in [0.2, 0.25) is 0 Å². The highest BCUT2D eigenvalue weighted by molar-refractivity contribution is 5.66. The molecule has 0 saturated carbocycles. The minimum Gasteiger partial charge on any atom is -0.481 e. The molecule has 0 atom stereocenters. The highest BCUT2D eigenvalue weighted by Crippen LogP contribution is 2.06. The van der Waals surface area contributed by atoms with E-state index in [1.807, 2.05) is 0 Å². The molecule has 140 valence electrons. The van der Waals surface area contributed by atoms with Crippen LogP contribution in [0.25, 0.3) is 0 Å². The summed E-state index contributed by atoms with van der Waals surface area (Å²) in [7, 11) is 0. The molecule has 2 nitrogen and oxygen atoms in total. The molecular formula is C23H36O2. The van der Waals surface area contributed by atoms with E-state index in [0.29, 0.717) is 6.42 Å². The summed E-state index contributed by atoms with van der Waals surface area (Å²) in [4.78, 5) is 10.4. The maximum absolute atomic E-state index is 10.4. The molecule has 0 radical (unpaired) electrons. The molecule has 0 heterocycles. The molecule has 0 unspecified atom stereocenters. The van der Waals surface area contributed by atoms with Gasteiger partial charge in [-0.05, 0) is 51.4 Å². The molecule has 0 bridgehead atoms. The van der Waals surface area contributed by atoms with E-state index in [-0.39, 0.29) is 0 Å². The van der Waals surface area contributed by atoms with Gasteiger partial charge in [0.05, 0.1) is 0 Å². The van der Waals surface area contributed by atoms with Crippen LogP contribution in [0.2, 0.25) is 0 Å². The average molecular weight is 345 g/mol. The molecule has 0 spiro atoms. The molecule has 0 aromatic carbocycles. The van der Waals surface area contributed by atoms with Crippen LogP contribution in [-0.2, 0) is 4.79 Å². The summed E-state index contributed by atoms with van der Waals surface area (Å²) >= 11 is 0. The van der Waals surface area contributed by atoms with Crippen molar-refractivity contribution in [3.63, 3.8) is 0 Å². The lowest BCUT2D eigenvalue weighted by atomic mass is 10.1. The Morgan fingerprint density at radius 1 is 0.640 bits per heavy atom. The predicted molar refractivity (Wildman–Crippen MR) is 110 cm³/mol. The van der Waals surface area contributed by atoms with Crippen molar-refractivity contribution >= 4 is 5.97 Å². The monoisotopic (exact) mass is 344 g/mol. The lowest BCUT2D eigenvalue weighted by Crippen LogP contribution is -1.93. The zero-order valence-corrected chi connectivity index (χ0v) is 15.9. The molecule has 0 aliphatic carbocycles. The molecule has 0 amide bonds. The minimum atomic E-state index is -0.683. The van der Waals surface area contributed by atoms with E-state index < -0.39 is 5.97 Å². The second-order valence-electron chi connectivity index (χ2n) is 6.05. The van der Waals surface area contributed by atoms with Gasteiger partial charge in [-0.1, -0.05) is 80.5 Å². The third kappa shape index (κ3) is 22.2. The molecule has 0 aliphatic rings. The van der Waals surface area contributed by atoms with Crippen LogP contribution >= 0.6 is 0 Å². The number of aliphatic carboxylic acids is 1. The van der Waals surface area contributed by atoms with Crippen molar-refractivity contribution in [2.45, 2.75) is 77.6 Å². The third-order valence-electron chi connectivity index (χ3n) is 3.67. The Labute approximate surface area is 154 Å². The van der Waals surface area contributed by atoms with Gasteiger partial charge in [-0.2, -0.15) is 0 Å². The normalized spacial score (nSPS) is 12.7. The van der Waals surface area contributed by atoms with E-state index in [2.05, 4.69) is 67.7 Å². The van der Waals surface area contributed by atoms with E-state index in [0.717, 1.165) is 64.2 Å². The van der Waals surface area contributed by atoms with Crippen LogP contribution in [0.3, 0.4) is 0 Å². The van der Waals surface area contributed by atoms with Crippen LogP contribution < -0.4 is 0 Å². The SMILES string of the molecule is CC/C=C\C/C=C\C/C=C\C/C=C\C/C=C\CCCCCCC(=O)O. The summed E-state index contributed by atoms with van der Waals surface area (Å²) in [6, 6.07) is 0. The van der Waals surface area contributed by atoms with E-state index in [1.54, 1.807) is 0 Å². The van der Waals surface area contributed by atoms with Gasteiger partial charge < -0.3 is 5.11 Å². The number of carboxylic acids is 1. The Morgan fingerprint density at radius 3 is 1.56 bits per heavy atom. The van der Waals surface area contributed by atoms with Gasteiger partial charge in [0.15, 0.2) is 0 Å². The molecule has 2 heteroatoms. The molecule has 0 fully saturated rings. The summed E-state index contributed by atoms with van der Waals surface area (Å²) in [5.41, 5.74) is 0. The highest BCUT2D eigenvalue weighted by Gasteiger charge is 1.95. The quantitative estimate of drug-likeness (QED) is 0.238. The van der Waals surface area contributed by atoms with Crippen LogP contribution in [0.4, 0.5) is 0 Å². The van der Waals surface area contributed by atoms with Crippen LogP contribution in [0.15, 0.2) is 60.8 Å². The number of carbonyl (C=O) groups is 1. The molecular weight excluding hydrogens is 308 g/mol. The zero-order chi connectivity index (χ0) is 18.4. The van der Waals surface area contributed by atoms with Gasteiger partial charge >= 0.3 is 5.97 Å². The Balaban J connectivity index is 3.40. The zero-order valence-electron chi connectivity index (χ0n) is 15.9. The first-order valence-electron chi connectivity index (χ1n) is 9.74. The van der Waals surface area contributed by atoms with Crippen molar-refractivity contribution in [2.24, 2.45) is 0 Å². The molecule has 0 aliphatic heterocycles. The van der Waals surface area contributed by atoms with Gasteiger partial charge in [-0.25, -0.2) is 0 Å². The van der Waals surface area contributed by atoms with Gasteiger partial charge in [-0.3, -0.25) is 4.79 Å². The standard InChI is InChI=1S/C23H36O2/c1-2-3-4-5-6-7-8-9-10-11-12-13-14-15-16-17-18-19-20-21-22-23(24)25/h3-4,6-7,9-10,12-13,15-16H,2,5,8,11,14,17-22H2,1H3,(H,24,25)/b4-3-,7-6-,10-9-,13-12-,16-15-. The fourth-order valence-electron chi connectivity index (χ4n) is 2.26. The molecule has 25 heavy (non-hydrogen) atoms. The molecule has 0 rings (SSSR count). The number of unbranched alkanes of at least 4 members (excludes halogenated alkanes) is 4. The van der Waals surface area contributed by atoms with Crippen molar-refractivity contribution in [2.75, 3.05) is 0 Å². The van der Waals surface area contributed by atoms with Crippen LogP contribution in [0.5, 0.6) is 0 Å². The average Bonchev–Trinajstić information content (AvgIpc) is 2.60. The molecule has 0 aromatic heterocycles.